The molecule has 0 fully saturated rings. The van der Waals surface area contributed by atoms with Crippen molar-refractivity contribution in [3.05, 3.63) is 11.9 Å². The largest absolute Gasteiger partial charge is 0.369 e. The number of nitrogens with zero attached hydrogens (tertiary/aromatic N) is 3. The molecule has 0 unspecified atom stereocenters. The van der Waals surface area contributed by atoms with E-state index in [0.29, 0.717) is 17.5 Å². The number of anilines is 2. The average molecular weight is 302 g/mol. The topological polar surface area (TPSA) is 113 Å². The van der Waals surface area contributed by atoms with Gasteiger partial charge in [-0.1, -0.05) is 6.92 Å². The molecule has 1 aromatic rings. The molecular weight excluding hydrogens is 280 g/mol. The number of rotatable bonds is 8. The summed E-state index contributed by atoms with van der Waals surface area (Å²) in [5.41, 5.74) is 2.47. The van der Waals surface area contributed by atoms with Gasteiger partial charge in [0, 0.05) is 33.1 Å². The van der Waals surface area contributed by atoms with E-state index >= 15 is 0 Å². The summed E-state index contributed by atoms with van der Waals surface area (Å²) in [6.07, 6.45) is 1.66. The lowest BCUT2D eigenvalue weighted by atomic mass is 10.3. The summed E-state index contributed by atoms with van der Waals surface area (Å²) >= 11 is 0. The minimum absolute atomic E-state index is 0.00149. The lowest BCUT2D eigenvalue weighted by molar-refractivity contribution is 0.521. The van der Waals surface area contributed by atoms with Gasteiger partial charge in [-0.15, -0.1) is 0 Å². The Bertz CT molecular complexity index is 532. The Morgan fingerprint density at radius 1 is 1.30 bits per heavy atom. The first-order valence-corrected chi connectivity index (χ1v) is 7.98. The molecule has 0 radical (unpaired) electrons. The highest BCUT2D eigenvalue weighted by molar-refractivity contribution is 7.89. The molecule has 0 aliphatic rings. The molecule has 8 nitrogen and oxygen atoms in total. The summed E-state index contributed by atoms with van der Waals surface area (Å²) in [7, 11) is -0.198. The number of nitrogens with one attached hydrogen (secondary N) is 2. The Morgan fingerprint density at radius 2 is 1.95 bits per heavy atom. The predicted molar refractivity (Wildman–Crippen MR) is 79.8 cm³/mol. The van der Waals surface area contributed by atoms with Gasteiger partial charge in [0.15, 0.2) is 0 Å². The van der Waals surface area contributed by atoms with Crippen molar-refractivity contribution in [2.24, 2.45) is 5.84 Å². The Balaban J connectivity index is 2.70. The van der Waals surface area contributed by atoms with Crippen LogP contribution >= 0.6 is 0 Å². The summed E-state index contributed by atoms with van der Waals surface area (Å²) < 4.78 is 24.5. The van der Waals surface area contributed by atoms with E-state index in [1.807, 2.05) is 6.92 Å². The van der Waals surface area contributed by atoms with Crippen LogP contribution in [0.1, 0.15) is 19.2 Å². The van der Waals surface area contributed by atoms with Crippen molar-refractivity contribution in [1.82, 2.24) is 14.3 Å². The van der Waals surface area contributed by atoms with Gasteiger partial charge in [0.05, 0.1) is 5.75 Å². The molecule has 0 aliphatic heterocycles. The first-order valence-electron chi connectivity index (χ1n) is 6.37. The maximum absolute atomic E-state index is 11.6. The monoisotopic (exact) mass is 302 g/mol. The van der Waals surface area contributed by atoms with E-state index in [-0.39, 0.29) is 12.3 Å². The van der Waals surface area contributed by atoms with Crippen LogP contribution in [0.25, 0.3) is 0 Å². The number of hydrazine groups is 1. The zero-order chi connectivity index (χ0) is 15.2. The molecule has 4 N–H and O–H groups in total. The van der Waals surface area contributed by atoms with Gasteiger partial charge in [-0.2, -0.15) is 0 Å². The zero-order valence-electron chi connectivity index (χ0n) is 12.0. The smallest absolute Gasteiger partial charge is 0.215 e. The van der Waals surface area contributed by atoms with Crippen LogP contribution in [0.3, 0.4) is 0 Å². The maximum Gasteiger partial charge on any atom is 0.215 e. The van der Waals surface area contributed by atoms with Crippen molar-refractivity contribution in [2.45, 2.75) is 19.8 Å². The highest BCUT2D eigenvalue weighted by Gasteiger charge is 2.13. The van der Waals surface area contributed by atoms with Crippen LogP contribution < -0.4 is 16.6 Å². The summed E-state index contributed by atoms with van der Waals surface area (Å²) in [5, 5.41) is 2.98. The van der Waals surface area contributed by atoms with Gasteiger partial charge in [-0.05, 0) is 6.42 Å². The summed E-state index contributed by atoms with van der Waals surface area (Å²) in [6, 6.07) is 1.64. The lowest BCUT2D eigenvalue weighted by Crippen LogP contribution is -2.28. The highest BCUT2D eigenvalue weighted by atomic mass is 32.2. The Morgan fingerprint density at radius 3 is 2.50 bits per heavy atom. The molecule has 0 saturated carbocycles. The number of nitrogens with two attached hydrogens (primary N) is 1. The van der Waals surface area contributed by atoms with E-state index < -0.39 is 10.0 Å². The van der Waals surface area contributed by atoms with Gasteiger partial charge in [-0.25, -0.2) is 28.5 Å². The number of hydrogen-bond donors (Lipinski definition) is 3. The molecule has 9 heteroatoms. The molecule has 0 bridgehead atoms. The molecule has 1 heterocycles. The SMILES string of the molecule is CCCc1nc(NN)cc(NCCS(=O)(=O)N(C)C)n1. The van der Waals surface area contributed by atoms with Crippen molar-refractivity contribution >= 4 is 21.7 Å². The quantitative estimate of drug-likeness (QED) is 0.458. The third kappa shape index (κ3) is 4.91. The van der Waals surface area contributed by atoms with Crippen molar-refractivity contribution in [3.63, 3.8) is 0 Å². The second-order valence-electron chi connectivity index (χ2n) is 4.47. The lowest BCUT2D eigenvalue weighted by Gasteiger charge is -2.12. The zero-order valence-corrected chi connectivity index (χ0v) is 12.9. The third-order valence-electron chi connectivity index (χ3n) is 2.62. The fourth-order valence-corrected chi connectivity index (χ4v) is 2.21. The molecule has 0 saturated heterocycles. The standard InChI is InChI=1S/C11H22N6O2S/c1-4-5-9-14-10(8-11(15-9)16-12)13-6-7-20(18,19)17(2)3/h8H,4-7,12H2,1-3H3,(H2,13,14,15,16). The average Bonchev–Trinajstić information content (AvgIpc) is 2.38. The predicted octanol–water partition coefficient (Wildman–Crippen LogP) is 0.0180. The summed E-state index contributed by atoms with van der Waals surface area (Å²) in [5.74, 6) is 7.08. The van der Waals surface area contributed by atoms with E-state index in [0.717, 1.165) is 12.8 Å². The number of nitrogen functional groups attached to an aromatic ring is 1. The van der Waals surface area contributed by atoms with E-state index in [9.17, 15) is 8.42 Å². The second kappa shape index (κ2) is 7.36. The van der Waals surface area contributed by atoms with Gasteiger partial charge in [0.2, 0.25) is 10.0 Å². The molecule has 20 heavy (non-hydrogen) atoms. The van der Waals surface area contributed by atoms with Crippen molar-refractivity contribution < 1.29 is 8.42 Å². The van der Waals surface area contributed by atoms with E-state index in [2.05, 4.69) is 20.7 Å². The van der Waals surface area contributed by atoms with Gasteiger partial charge in [-0.3, -0.25) is 0 Å². The molecular formula is C11H22N6O2S. The van der Waals surface area contributed by atoms with Crippen molar-refractivity contribution in [2.75, 3.05) is 37.1 Å². The molecule has 1 rings (SSSR count). The maximum atomic E-state index is 11.6. The van der Waals surface area contributed by atoms with E-state index in [4.69, 9.17) is 5.84 Å². The van der Waals surface area contributed by atoms with E-state index in [1.165, 1.54) is 18.4 Å². The molecule has 1 aromatic heterocycles. The van der Waals surface area contributed by atoms with Crippen molar-refractivity contribution in [3.8, 4) is 0 Å². The number of sulfonamides is 1. The molecule has 0 aromatic carbocycles. The normalized spacial score (nSPS) is 11.7. The molecule has 0 amide bonds. The fourth-order valence-electron chi connectivity index (χ4n) is 1.49. The minimum Gasteiger partial charge on any atom is -0.369 e. The van der Waals surface area contributed by atoms with Crippen LogP contribution in [0.2, 0.25) is 0 Å². The van der Waals surface area contributed by atoms with Crippen LogP contribution in [-0.2, 0) is 16.4 Å². The molecule has 0 aliphatic carbocycles. The van der Waals surface area contributed by atoms with Crippen LogP contribution in [0.4, 0.5) is 11.6 Å². The fraction of sp³-hybridized carbons (Fsp3) is 0.636. The highest BCUT2D eigenvalue weighted by Crippen LogP contribution is 2.11. The molecule has 0 spiro atoms. The van der Waals surface area contributed by atoms with Gasteiger partial charge in [0.25, 0.3) is 0 Å². The molecule has 0 atom stereocenters. The number of aryl methyl sites for hydroxylation is 1. The van der Waals surface area contributed by atoms with Crippen LogP contribution in [0, 0.1) is 0 Å². The summed E-state index contributed by atoms with van der Waals surface area (Å²) in [6.45, 7) is 2.30. The van der Waals surface area contributed by atoms with Crippen LogP contribution in [0.15, 0.2) is 6.07 Å². The second-order valence-corrected chi connectivity index (χ2v) is 6.78. The minimum atomic E-state index is -3.22. The summed E-state index contributed by atoms with van der Waals surface area (Å²) in [4.78, 5) is 8.52. The third-order valence-corrected chi connectivity index (χ3v) is 4.45. The first-order chi connectivity index (χ1) is 9.39. The number of aromatic nitrogens is 2. The van der Waals surface area contributed by atoms with E-state index in [1.54, 1.807) is 6.07 Å². The van der Waals surface area contributed by atoms with Crippen LogP contribution in [0.5, 0.6) is 0 Å². The Hall–Kier alpha value is -1.45. The van der Waals surface area contributed by atoms with Gasteiger partial charge < -0.3 is 10.7 Å². The van der Waals surface area contributed by atoms with Gasteiger partial charge >= 0.3 is 0 Å². The Kier molecular flexibility index (Phi) is 6.11. The number of hydrogen-bond acceptors (Lipinski definition) is 7. The molecule has 114 valence electrons. The van der Waals surface area contributed by atoms with Gasteiger partial charge in [0.1, 0.15) is 17.5 Å². The van der Waals surface area contributed by atoms with Crippen molar-refractivity contribution in [1.29, 1.82) is 0 Å². The Labute approximate surface area is 119 Å². The van der Waals surface area contributed by atoms with Crippen LogP contribution in [-0.4, -0.2) is 49.1 Å². The first kappa shape index (κ1) is 16.6.